The summed E-state index contributed by atoms with van der Waals surface area (Å²) >= 11 is 0. The molecule has 6 heteroatoms. The molecule has 6 nitrogen and oxygen atoms in total. The Morgan fingerprint density at radius 2 is 1.58 bits per heavy atom. The van der Waals surface area contributed by atoms with E-state index < -0.39 is 29.4 Å². The van der Waals surface area contributed by atoms with Crippen molar-refractivity contribution in [3.8, 4) is 0 Å². The molecule has 0 saturated heterocycles. The SMILES string of the molecule is CCOCCOCCC(C(=O)OC(C)(C)C)[C@@H](CC(C)C)C(=O)O. The molecule has 142 valence electrons. The summed E-state index contributed by atoms with van der Waals surface area (Å²) < 4.78 is 16.1. The average molecular weight is 346 g/mol. The fourth-order valence-electron chi connectivity index (χ4n) is 2.38. The number of ether oxygens (including phenoxy) is 3. The van der Waals surface area contributed by atoms with E-state index in [0.717, 1.165) is 0 Å². The van der Waals surface area contributed by atoms with Crippen LogP contribution in [0.3, 0.4) is 0 Å². The van der Waals surface area contributed by atoms with Crippen molar-refractivity contribution in [2.24, 2.45) is 17.8 Å². The van der Waals surface area contributed by atoms with Crippen molar-refractivity contribution in [2.45, 2.75) is 60.0 Å². The number of hydrogen-bond donors (Lipinski definition) is 1. The molecule has 0 radical (unpaired) electrons. The second kappa shape index (κ2) is 11.4. The molecule has 0 aliphatic heterocycles. The van der Waals surface area contributed by atoms with Crippen LogP contribution in [-0.4, -0.2) is 49.1 Å². The topological polar surface area (TPSA) is 82.1 Å². The minimum absolute atomic E-state index is 0.176. The van der Waals surface area contributed by atoms with Crippen LogP contribution >= 0.6 is 0 Å². The second-order valence-corrected chi connectivity index (χ2v) is 7.31. The van der Waals surface area contributed by atoms with Crippen molar-refractivity contribution in [3.63, 3.8) is 0 Å². The van der Waals surface area contributed by atoms with Gasteiger partial charge in [-0.05, 0) is 46.5 Å². The first-order valence-corrected chi connectivity index (χ1v) is 8.69. The lowest BCUT2D eigenvalue weighted by Crippen LogP contribution is -2.37. The molecule has 24 heavy (non-hydrogen) atoms. The normalized spacial score (nSPS) is 14.5. The number of carbonyl (C=O) groups excluding carboxylic acids is 1. The van der Waals surface area contributed by atoms with Gasteiger partial charge in [-0.2, -0.15) is 0 Å². The van der Waals surface area contributed by atoms with Crippen LogP contribution in [0.1, 0.15) is 54.4 Å². The quantitative estimate of drug-likeness (QED) is 0.432. The van der Waals surface area contributed by atoms with Gasteiger partial charge in [0.2, 0.25) is 0 Å². The average Bonchev–Trinajstić information content (AvgIpc) is 2.42. The Labute approximate surface area is 145 Å². The van der Waals surface area contributed by atoms with Crippen LogP contribution in [-0.2, 0) is 23.8 Å². The predicted octanol–water partition coefficient (Wildman–Crippen LogP) is 3.13. The predicted molar refractivity (Wildman–Crippen MR) is 91.8 cm³/mol. The van der Waals surface area contributed by atoms with Crippen LogP contribution in [0.2, 0.25) is 0 Å². The molecule has 0 spiro atoms. The summed E-state index contributed by atoms with van der Waals surface area (Å²) in [5.41, 5.74) is -0.647. The molecule has 0 saturated carbocycles. The Hall–Kier alpha value is -1.14. The Kier molecular flexibility index (Phi) is 10.9. The molecule has 1 N–H and O–H groups in total. The minimum Gasteiger partial charge on any atom is -0.481 e. The van der Waals surface area contributed by atoms with Gasteiger partial charge in [-0.25, -0.2) is 0 Å². The van der Waals surface area contributed by atoms with Gasteiger partial charge >= 0.3 is 11.9 Å². The molecule has 0 aliphatic carbocycles. The zero-order valence-corrected chi connectivity index (χ0v) is 16.0. The fraction of sp³-hybridized carbons (Fsp3) is 0.889. The van der Waals surface area contributed by atoms with Gasteiger partial charge in [-0.1, -0.05) is 13.8 Å². The highest BCUT2D eigenvalue weighted by molar-refractivity contribution is 5.81. The maximum atomic E-state index is 12.5. The zero-order chi connectivity index (χ0) is 18.8. The van der Waals surface area contributed by atoms with E-state index >= 15 is 0 Å². The highest BCUT2D eigenvalue weighted by Gasteiger charge is 2.36. The van der Waals surface area contributed by atoms with Crippen LogP contribution in [0, 0.1) is 17.8 Å². The minimum atomic E-state index is -0.964. The van der Waals surface area contributed by atoms with E-state index in [0.29, 0.717) is 39.3 Å². The Morgan fingerprint density at radius 3 is 2.04 bits per heavy atom. The number of aliphatic carboxylic acids is 1. The van der Waals surface area contributed by atoms with Gasteiger partial charge in [-0.3, -0.25) is 9.59 Å². The summed E-state index contributed by atoms with van der Waals surface area (Å²) in [6.07, 6.45) is 0.753. The highest BCUT2D eigenvalue weighted by atomic mass is 16.6. The van der Waals surface area contributed by atoms with Gasteiger partial charge in [0.1, 0.15) is 5.60 Å². The third-order valence-corrected chi connectivity index (χ3v) is 3.39. The van der Waals surface area contributed by atoms with Crippen molar-refractivity contribution in [1.82, 2.24) is 0 Å². The van der Waals surface area contributed by atoms with Crippen molar-refractivity contribution in [3.05, 3.63) is 0 Å². The number of hydrogen-bond acceptors (Lipinski definition) is 5. The van der Waals surface area contributed by atoms with Crippen LogP contribution in [0.15, 0.2) is 0 Å². The summed E-state index contributed by atoms with van der Waals surface area (Å²) in [6.45, 7) is 13.0. The third-order valence-electron chi connectivity index (χ3n) is 3.39. The molecular weight excluding hydrogens is 312 g/mol. The third kappa shape index (κ3) is 10.6. The molecular formula is C18H34O6. The van der Waals surface area contributed by atoms with E-state index in [1.165, 1.54) is 0 Å². The number of carbonyl (C=O) groups is 2. The first-order valence-electron chi connectivity index (χ1n) is 8.69. The van der Waals surface area contributed by atoms with Gasteiger partial charge in [0.25, 0.3) is 0 Å². The monoisotopic (exact) mass is 346 g/mol. The van der Waals surface area contributed by atoms with Crippen LogP contribution < -0.4 is 0 Å². The molecule has 0 amide bonds. The number of rotatable bonds is 12. The Bertz CT molecular complexity index is 372. The lowest BCUT2D eigenvalue weighted by atomic mass is 9.83. The van der Waals surface area contributed by atoms with E-state index in [1.54, 1.807) is 20.8 Å². The van der Waals surface area contributed by atoms with Crippen LogP contribution in [0.5, 0.6) is 0 Å². The lowest BCUT2D eigenvalue weighted by molar-refractivity contribution is -0.168. The summed E-state index contributed by atoms with van der Waals surface area (Å²) in [5.74, 6) is -2.74. The molecule has 2 atom stereocenters. The standard InChI is InChI=1S/C18H34O6/c1-7-22-10-11-23-9-8-14(17(21)24-18(4,5)6)15(16(19)20)12-13(2)3/h13-15H,7-12H2,1-6H3,(H,19,20)/t14?,15-/m1/s1. The fourth-order valence-corrected chi connectivity index (χ4v) is 2.38. The van der Waals surface area contributed by atoms with Crippen molar-refractivity contribution in [2.75, 3.05) is 26.4 Å². The zero-order valence-electron chi connectivity index (χ0n) is 16.0. The first-order chi connectivity index (χ1) is 11.1. The molecule has 0 fully saturated rings. The summed E-state index contributed by atoms with van der Waals surface area (Å²) in [6, 6.07) is 0. The number of carboxylic acids is 1. The van der Waals surface area contributed by atoms with E-state index in [-0.39, 0.29) is 5.92 Å². The molecule has 1 unspecified atom stereocenters. The first kappa shape index (κ1) is 22.9. The summed E-state index contributed by atoms with van der Waals surface area (Å²) in [4.78, 5) is 24.1. The number of esters is 1. The van der Waals surface area contributed by atoms with E-state index in [2.05, 4.69) is 0 Å². The van der Waals surface area contributed by atoms with Gasteiger partial charge in [-0.15, -0.1) is 0 Å². The Balaban J connectivity index is 4.86. The highest BCUT2D eigenvalue weighted by Crippen LogP contribution is 2.27. The molecule has 0 heterocycles. The molecule has 0 aliphatic rings. The molecule has 0 bridgehead atoms. The van der Waals surface area contributed by atoms with Crippen molar-refractivity contribution >= 4 is 11.9 Å². The smallest absolute Gasteiger partial charge is 0.310 e. The largest absolute Gasteiger partial charge is 0.481 e. The van der Waals surface area contributed by atoms with Crippen molar-refractivity contribution < 1.29 is 28.9 Å². The van der Waals surface area contributed by atoms with E-state index in [9.17, 15) is 14.7 Å². The van der Waals surface area contributed by atoms with Gasteiger partial charge in [0.05, 0.1) is 25.0 Å². The van der Waals surface area contributed by atoms with Gasteiger partial charge in [0.15, 0.2) is 0 Å². The number of carboxylic acid groups (broad SMARTS) is 1. The summed E-state index contributed by atoms with van der Waals surface area (Å²) in [7, 11) is 0. The molecule has 0 aromatic carbocycles. The summed E-state index contributed by atoms with van der Waals surface area (Å²) in [5, 5.41) is 9.54. The van der Waals surface area contributed by atoms with Crippen LogP contribution in [0.25, 0.3) is 0 Å². The van der Waals surface area contributed by atoms with Crippen LogP contribution in [0.4, 0.5) is 0 Å². The van der Waals surface area contributed by atoms with E-state index in [4.69, 9.17) is 14.2 Å². The molecule has 0 aromatic rings. The van der Waals surface area contributed by atoms with E-state index in [1.807, 2.05) is 20.8 Å². The van der Waals surface area contributed by atoms with Gasteiger partial charge in [0, 0.05) is 13.2 Å². The van der Waals surface area contributed by atoms with Crippen molar-refractivity contribution in [1.29, 1.82) is 0 Å². The van der Waals surface area contributed by atoms with Gasteiger partial charge < -0.3 is 19.3 Å². The lowest BCUT2D eigenvalue weighted by Gasteiger charge is -2.28. The maximum Gasteiger partial charge on any atom is 0.310 e. The molecule has 0 aromatic heterocycles. The molecule has 0 rings (SSSR count). The Morgan fingerprint density at radius 1 is 1.00 bits per heavy atom. The maximum absolute atomic E-state index is 12.5. The second-order valence-electron chi connectivity index (χ2n) is 7.31.